The first-order valence-corrected chi connectivity index (χ1v) is 2.19. The predicted molar refractivity (Wildman–Crippen MR) is 41.4 cm³/mol. The maximum absolute atomic E-state index is 8.25. The molecule has 0 bridgehead atoms. The molecule has 0 aromatic heterocycles. The summed E-state index contributed by atoms with van der Waals surface area (Å²) in [5.74, 6) is 0. The van der Waals surface area contributed by atoms with Crippen molar-refractivity contribution in [2.45, 2.75) is 0 Å². The molecule has 112 valence electrons. The third-order valence-electron chi connectivity index (χ3n) is 0. The summed E-state index contributed by atoms with van der Waals surface area (Å²) in [5, 5.41) is 59.0. The Kier molecular flexibility index (Phi) is 58.9. The van der Waals surface area contributed by atoms with Gasteiger partial charge in [-0.15, -0.1) is 0 Å². The topological polar surface area (TPSA) is 265 Å². The van der Waals surface area contributed by atoms with Crippen LogP contribution in [-0.4, -0.2) is 20.3 Å². The predicted octanol–water partition coefficient (Wildman–Crippen LogP) is -0.961. The van der Waals surface area contributed by atoms with E-state index in [9.17, 15) is 0 Å². The van der Waals surface area contributed by atoms with E-state index in [-0.39, 0.29) is 42.1 Å². The van der Waals surface area contributed by atoms with E-state index in [1.165, 1.54) is 0 Å². The summed E-state index contributed by atoms with van der Waals surface area (Å²) < 4.78 is 0. The third kappa shape index (κ3) is 740. The molecule has 0 N–H and O–H groups in total. The Labute approximate surface area is 124 Å². The molecule has 0 spiro atoms. The van der Waals surface area contributed by atoms with Crippen LogP contribution >= 0.6 is 0 Å². The summed E-state index contributed by atoms with van der Waals surface area (Å²) in [6.07, 6.45) is 0. The second kappa shape index (κ2) is 29.5. The summed E-state index contributed by atoms with van der Waals surface area (Å²) in [6, 6.07) is 0. The fourth-order valence-corrected chi connectivity index (χ4v) is 0. The molecule has 0 aliphatic rings. The normalized spacial score (nSPS) is 5.33. The Balaban J connectivity index is -0.0000000257. The smallest absolute Gasteiger partial charge is 0.356 e. The standard InChI is InChI=1S/4NO3.2Pt/c4*2-1(3)4;;/q4*-1;2*+2. The molecule has 0 aromatic rings. The molecule has 0 aliphatic heterocycles. The minimum absolute atomic E-state index is 0. The second-order valence-corrected chi connectivity index (χ2v) is 0.894. The van der Waals surface area contributed by atoms with Gasteiger partial charge in [0.2, 0.25) is 0 Å². The van der Waals surface area contributed by atoms with Crippen molar-refractivity contribution in [1.82, 2.24) is 0 Å². The van der Waals surface area contributed by atoms with Gasteiger partial charge in [0, 0.05) is 0 Å². The van der Waals surface area contributed by atoms with Crippen molar-refractivity contribution in [3.63, 3.8) is 0 Å². The largest absolute Gasteiger partial charge is 2.00 e. The van der Waals surface area contributed by atoms with E-state index in [1.807, 2.05) is 0 Å². The number of rotatable bonds is 0. The SMILES string of the molecule is O=[N+]([O-])[O-].O=[N+]([O-])[O-].O=[N+]([O-])[O-].O=[N+]([O-])[O-].[Pt+2].[Pt+2]. The minimum atomic E-state index is -1.75. The molecular formula is N4O12Pt2. The molecule has 18 heteroatoms. The summed E-state index contributed by atoms with van der Waals surface area (Å²) in [5.41, 5.74) is 0. The van der Waals surface area contributed by atoms with Crippen molar-refractivity contribution in [2.75, 3.05) is 0 Å². The Bertz CT molecular complexity index is 162. The first kappa shape index (κ1) is 36.0. The van der Waals surface area contributed by atoms with Crippen LogP contribution in [0.25, 0.3) is 0 Å². The zero-order valence-corrected chi connectivity index (χ0v) is 11.9. The van der Waals surface area contributed by atoms with Crippen LogP contribution in [0.3, 0.4) is 0 Å². The molecule has 0 radical (unpaired) electrons. The first-order valence-electron chi connectivity index (χ1n) is 2.19. The monoisotopic (exact) mass is 638 g/mol. The molecule has 0 aliphatic carbocycles. The Morgan fingerprint density at radius 2 is 0.389 bits per heavy atom. The van der Waals surface area contributed by atoms with Gasteiger partial charge in [0.1, 0.15) is 0 Å². The van der Waals surface area contributed by atoms with E-state index >= 15 is 0 Å². The van der Waals surface area contributed by atoms with E-state index in [4.69, 9.17) is 61.3 Å². The molecule has 0 fully saturated rings. The zero-order valence-electron chi connectivity index (χ0n) is 7.32. The van der Waals surface area contributed by atoms with Crippen LogP contribution < -0.4 is 0 Å². The van der Waals surface area contributed by atoms with E-state index in [1.54, 1.807) is 0 Å². The van der Waals surface area contributed by atoms with Crippen LogP contribution in [0.5, 0.6) is 0 Å². The van der Waals surface area contributed by atoms with E-state index in [0.29, 0.717) is 0 Å². The molecule has 0 rings (SSSR count). The van der Waals surface area contributed by atoms with E-state index in [2.05, 4.69) is 0 Å². The van der Waals surface area contributed by atoms with E-state index < -0.39 is 20.3 Å². The molecule has 0 atom stereocenters. The van der Waals surface area contributed by atoms with Crippen LogP contribution in [-0.2, 0) is 42.1 Å². The molecule has 16 nitrogen and oxygen atoms in total. The quantitative estimate of drug-likeness (QED) is 0.229. The molecule has 0 heterocycles. The van der Waals surface area contributed by atoms with Gasteiger partial charge in [0.15, 0.2) is 0 Å². The van der Waals surface area contributed by atoms with Gasteiger partial charge in [0.25, 0.3) is 0 Å². The third-order valence-corrected chi connectivity index (χ3v) is 0. The molecule has 0 saturated carbocycles. The maximum Gasteiger partial charge on any atom is 2.00 e. The van der Waals surface area contributed by atoms with Crippen LogP contribution in [0.1, 0.15) is 0 Å². The van der Waals surface area contributed by atoms with Gasteiger partial charge in [-0.3, -0.25) is 0 Å². The molecule has 18 heavy (non-hydrogen) atoms. The fraction of sp³-hybridized carbons (Fsp3) is 0. The Morgan fingerprint density at radius 3 is 0.389 bits per heavy atom. The molecule has 0 aromatic carbocycles. The summed E-state index contributed by atoms with van der Waals surface area (Å²) in [4.78, 5) is 33.0. The van der Waals surface area contributed by atoms with Gasteiger partial charge in [-0.25, -0.2) is 0 Å². The first-order chi connectivity index (χ1) is 6.93. The summed E-state index contributed by atoms with van der Waals surface area (Å²) in [7, 11) is 0. The molecular weight excluding hydrogens is 638 g/mol. The van der Waals surface area contributed by atoms with Crippen molar-refractivity contribution in [2.24, 2.45) is 0 Å². The fourth-order valence-electron chi connectivity index (χ4n) is 0. The minimum Gasteiger partial charge on any atom is -0.356 e. The van der Waals surface area contributed by atoms with Crippen molar-refractivity contribution < 1.29 is 62.5 Å². The van der Waals surface area contributed by atoms with E-state index in [0.717, 1.165) is 0 Å². The molecule has 0 amide bonds. The number of nitrogens with zero attached hydrogens (tertiary/aromatic N) is 4. The zero-order chi connectivity index (χ0) is 14.3. The Morgan fingerprint density at radius 1 is 0.389 bits per heavy atom. The summed E-state index contributed by atoms with van der Waals surface area (Å²) in [6.45, 7) is 0. The second-order valence-electron chi connectivity index (χ2n) is 0.894. The van der Waals surface area contributed by atoms with Gasteiger partial charge in [-0.2, -0.15) is 0 Å². The van der Waals surface area contributed by atoms with Gasteiger partial charge >= 0.3 is 42.1 Å². The number of hydrogen-bond acceptors (Lipinski definition) is 12. The van der Waals surface area contributed by atoms with Crippen LogP contribution in [0.2, 0.25) is 0 Å². The van der Waals surface area contributed by atoms with Crippen molar-refractivity contribution in [3.8, 4) is 0 Å². The van der Waals surface area contributed by atoms with Crippen LogP contribution in [0, 0.1) is 61.3 Å². The molecule has 0 saturated heterocycles. The maximum atomic E-state index is 8.25. The van der Waals surface area contributed by atoms with Crippen LogP contribution in [0.15, 0.2) is 0 Å². The van der Waals surface area contributed by atoms with Gasteiger partial charge < -0.3 is 61.3 Å². The van der Waals surface area contributed by atoms with Gasteiger partial charge in [-0.1, -0.05) is 0 Å². The van der Waals surface area contributed by atoms with Crippen molar-refractivity contribution in [3.05, 3.63) is 61.3 Å². The summed E-state index contributed by atoms with van der Waals surface area (Å²) >= 11 is 0. The Hall–Kier alpha value is -1.82. The number of hydrogen-bond donors (Lipinski definition) is 0. The van der Waals surface area contributed by atoms with Gasteiger partial charge in [0.05, 0.1) is 20.3 Å². The average molecular weight is 638 g/mol. The molecule has 0 unspecified atom stereocenters. The van der Waals surface area contributed by atoms with Gasteiger partial charge in [-0.05, 0) is 0 Å². The van der Waals surface area contributed by atoms with Crippen molar-refractivity contribution >= 4 is 0 Å². The average Bonchev–Trinajstić information content (AvgIpc) is 1.76. The van der Waals surface area contributed by atoms with Crippen LogP contribution in [0.4, 0.5) is 0 Å². The van der Waals surface area contributed by atoms with Crippen molar-refractivity contribution in [1.29, 1.82) is 0 Å².